The zero-order valence-corrected chi connectivity index (χ0v) is 22.1. The molecule has 8 nitrogen and oxygen atoms in total. The SMILES string of the molecule is Cc1cc2c(cc1NC(=O)OC(C)(C)C)CN(Cc1ccccc1)C(=O)C2NC(=O)OCc1ccccc1. The number of carbonyl (C=O) groups is 3. The Kier molecular flexibility index (Phi) is 8.00. The Morgan fingerprint density at radius 2 is 1.58 bits per heavy atom. The van der Waals surface area contributed by atoms with Gasteiger partial charge in [0.15, 0.2) is 0 Å². The van der Waals surface area contributed by atoms with E-state index in [2.05, 4.69) is 10.6 Å². The van der Waals surface area contributed by atoms with Gasteiger partial charge in [0.25, 0.3) is 5.91 Å². The summed E-state index contributed by atoms with van der Waals surface area (Å²) in [5.74, 6) is -0.231. The number of benzene rings is 3. The molecule has 0 radical (unpaired) electrons. The van der Waals surface area contributed by atoms with Crippen molar-refractivity contribution in [3.8, 4) is 0 Å². The minimum absolute atomic E-state index is 0.0892. The van der Waals surface area contributed by atoms with E-state index in [0.29, 0.717) is 24.3 Å². The summed E-state index contributed by atoms with van der Waals surface area (Å²) in [6, 6.07) is 21.7. The van der Waals surface area contributed by atoms with Gasteiger partial charge in [0.2, 0.25) is 0 Å². The van der Waals surface area contributed by atoms with Crippen LogP contribution in [0.3, 0.4) is 0 Å². The molecule has 0 bridgehead atoms. The van der Waals surface area contributed by atoms with Crippen LogP contribution in [0.5, 0.6) is 0 Å². The van der Waals surface area contributed by atoms with E-state index in [0.717, 1.165) is 22.3 Å². The maximum Gasteiger partial charge on any atom is 0.412 e. The molecule has 198 valence electrons. The molecule has 3 aromatic carbocycles. The predicted octanol–water partition coefficient (Wildman–Crippen LogP) is 5.85. The lowest BCUT2D eigenvalue weighted by molar-refractivity contribution is -0.135. The lowest BCUT2D eigenvalue weighted by Gasteiger charge is -2.35. The molecule has 1 atom stereocenters. The third kappa shape index (κ3) is 6.91. The van der Waals surface area contributed by atoms with Gasteiger partial charge >= 0.3 is 12.2 Å². The summed E-state index contributed by atoms with van der Waals surface area (Å²) in [5.41, 5.74) is 3.97. The van der Waals surface area contributed by atoms with Crippen molar-refractivity contribution < 1.29 is 23.9 Å². The first-order valence-corrected chi connectivity index (χ1v) is 12.5. The molecule has 0 saturated heterocycles. The molecule has 8 heteroatoms. The maximum absolute atomic E-state index is 13.6. The molecule has 1 aliphatic heterocycles. The van der Waals surface area contributed by atoms with Crippen molar-refractivity contribution in [1.82, 2.24) is 10.2 Å². The monoisotopic (exact) mass is 515 g/mol. The molecule has 3 aromatic rings. The molecule has 1 heterocycles. The van der Waals surface area contributed by atoms with Gasteiger partial charge in [0.1, 0.15) is 18.2 Å². The summed E-state index contributed by atoms with van der Waals surface area (Å²) < 4.78 is 10.8. The van der Waals surface area contributed by atoms with Crippen LogP contribution in [-0.2, 0) is 34.0 Å². The Bertz CT molecular complexity index is 1300. The summed E-state index contributed by atoms with van der Waals surface area (Å²) in [7, 11) is 0. The number of carbonyl (C=O) groups excluding carboxylic acids is 3. The van der Waals surface area contributed by atoms with Crippen molar-refractivity contribution in [1.29, 1.82) is 0 Å². The summed E-state index contributed by atoms with van der Waals surface area (Å²) in [6.45, 7) is 8.01. The highest BCUT2D eigenvalue weighted by Crippen LogP contribution is 2.33. The van der Waals surface area contributed by atoms with Crippen molar-refractivity contribution in [2.45, 2.75) is 59.0 Å². The lowest BCUT2D eigenvalue weighted by Crippen LogP contribution is -2.46. The van der Waals surface area contributed by atoms with Crippen LogP contribution in [0.2, 0.25) is 0 Å². The molecule has 3 amide bonds. The molecular weight excluding hydrogens is 482 g/mol. The van der Waals surface area contributed by atoms with E-state index in [1.807, 2.05) is 79.7 Å². The van der Waals surface area contributed by atoms with Gasteiger partial charge in [-0.05, 0) is 61.6 Å². The third-order valence-electron chi connectivity index (χ3n) is 6.04. The number of aryl methyl sites for hydroxylation is 1. The third-order valence-corrected chi connectivity index (χ3v) is 6.04. The van der Waals surface area contributed by atoms with Crippen LogP contribution in [-0.4, -0.2) is 28.6 Å². The summed E-state index contributed by atoms with van der Waals surface area (Å²) in [5, 5.41) is 5.58. The van der Waals surface area contributed by atoms with E-state index in [9.17, 15) is 14.4 Å². The smallest absolute Gasteiger partial charge is 0.412 e. The van der Waals surface area contributed by atoms with Crippen LogP contribution in [0.25, 0.3) is 0 Å². The van der Waals surface area contributed by atoms with Crippen molar-refractivity contribution in [3.63, 3.8) is 0 Å². The Hall–Kier alpha value is -4.33. The second-order valence-electron chi connectivity index (χ2n) is 10.3. The van der Waals surface area contributed by atoms with E-state index in [1.54, 1.807) is 25.7 Å². The molecule has 0 aliphatic carbocycles. The molecule has 0 aromatic heterocycles. The van der Waals surface area contributed by atoms with Crippen LogP contribution < -0.4 is 10.6 Å². The van der Waals surface area contributed by atoms with Crippen LogP contribution in [0.1, 0.15) is 54.6 Å². The summed E-state index contributed by atoms with van der Waals surface area (Å²) in [6.07, 6.45) is -1.25. The zero-order valence-electron chi connectivity index (χ0n) is 22.1. The Balaban J connectivity index is 1.59. The highest BCUT2D eigenvalue weighted by Gasteiger charge is 2.35. The number of fused-ring (bicyclic) bond motifs is 1. The average Bonchev–Trinajstić information content (AvgIpc) is 2.86. The van der Waals surface area contributed by atoms with Crippen LogP contribution in [0, 0.1) is 6.92 Å². The molecule has 1 aliphatic rings. The number of anilines is 1. The van der Waals surface area contributed by atoms with Gasteiger partial charge in [-0.1, -0.05) is 66.7 Å². The number of rotatable bonds is 6. The molecule has 4 rings (SSSR count). The molecular formula is C30H33N3O5. The molecule has 0 fully saturated rings. The summed E-state index contributed by atoms with van der Waals surface area (Å²) >= 11 is 0. The Morgan fingerprint density at radius 1 is 0.947 bits per heavy atom. The van der Waals surface area contributed by atoms with E-state index >= 15 is 0 Å². The Morgan fingerprint density at radius 3 is 2.21 bits per heavy atom. The van der Waals surface area contributed by atoms with Gasteiger partial charge in [-0.15, -0.1) is 0 Å². The second kappa shape index (κ2) is 11.4. The minimum atomic E-state index is -0.931. The standard InChI is InChI=1S/C30H33N3O5/c1-20-15-24-23(16-25(20)31-29(36)38-30(2,3)4)18-33(17-21-11-7-5-8-12-21)27(34)26(24)32-28(35)37-19-22-13-9-6-10-14-22/h5-16,26H,17-19H2,1-4H3,(H,31,36)(H,32,35). The average molecular weight is 516 g/mol. The van der Waals surface area contributed by atoms with Crippen molar-refractivity contribution in [2.24, 2.45) is 0 Å². The van der Waals surface area contributed by atoms with Crippen molar-refractivity contribution in [3.05, 3.63) is 101 Å². The lowest BCUT2D eigenvalue weighted by atomic mass is 9.91. The fourth-order valence-corrected chi connectivity index (χ4v) is 4.29. The fourth-order valence-electron chi connectivity index (χ4n) is 4.29. The van der Waals surface area contributed by atoms with Crippen molar-refractivity contribution in [2.75, 3.05) is 5.32 Å². The van der Waals surface area contributed by atoms with E-state index in [4.69, 9.17) is 9.47 Å². The highest BCUT2D eigenvalue weighted by molar-refractivity contribution is 5.90. The van der Waals surface area contributed by atoms with E-state index < -0.39 is 23.8 Å². The molecule has 0 spiro atoms. The van der Waals surface area contributed by atoms with Gasteiger partial charge in [-0.2, -0.15) is 0 Å². The van der Waals surface area contributed by atoms with Gasteiger partial charge in [0.05, 0.1) is 0 Å². The predicted molar refractivity (Wildman–Crippen MR) is 144 cm³/mol. The molecule has 1 unspecified atom stereocenters. The second-order valence-corrected chi connectivity index (χ2v) is 10.3. The van der Waals surface area contributed by atoms with E-state index in [1.165, 1.54) is 0 Å². The number of amides is 3. The largest absolute Gasteiger partial charge is 0.445 e. The number of alkyl carbamates (subject to hydrolysis) is 1. The van der Waals surface area contributed by atoms with Gasteiger partial charge in [0, 0.05) is 18.8 Å². The normalized spacial score (nSPS) is 14.9. The number of hydrogen-bond acceptors (Lipinski definition) is 5. The number of nitrogens with zero attached hydrogens (tertiary/aromatic N) is 1. The first kappa shape index (κ1) is 26.7. The van der Waals surface area contributed by atoms with Crippen LogP contribution in [0.15, 0.2) is 72.8 Å². The quantitative estimate of drug-likeness (QED) is 0.429. The van der Waals surface area contributed by atoms with Crippen LogP contribution in [0.4, 0.5) is 15.3 Å². The Labute approximate surface area is 222 Å². The topological polar surface area (TPSA) is 97.0 Å². The highest BCUT2D eigenvalue weighted by atomic mass is 16.6. The molecule has 38 heavy (non-hydrogen) atoms. The molecule has 0 saturated carbocycles. The molecule has 2 N–H and O–H groups in total. The fraction of sp³-hybridized carbons (Fsp3) is 0.300. The van der Waals surface area contributed by atoms with Crippen molar-refractivity contribution >= 4 is 23.8 Å². The van der Waals surface area contributed by atoms with Gasteiger partial charge in [-0.3, -0.25) is 10.1 Å². The number of nitrogens with one attached hydrogen (secondary N) is 2. The summed E-state index contributed by atoms with van der Waals surface area (Å²) in [4.78, 5) is 40.5. The zero-order chi connectivity index (χ0) is 27.3. The first-order valence-electron chi connectivity index (χ1n) is 12.5. The first-order chi connectivity index (χ1) is 18.1. The maximum atomic E-state index is 13.6. The van der Waals surface area contributed by atoms with Crippen LogP contribution >= 0.6 is 0 Å². The van der Waals surface area contributed by atoms with Gasteiger partial charge in [-0.25, -0.2) is 9.59 Å². The minimum Gasteiger partial charge on any atom is -0.445 e. The number of ether oxygens (including phenoxy) is 2. The van der Waals surface area contributed by atoms with Gasteiger partial charge < -0.3 is 19.7 Å². The van der Waals surface area contributed by atoms with E-state index in [-0.39, 0.29) is 12.5 Å². The number of hydrogen-bond donors (Lipinski definition) is 2.